The molecule has 0 spiro atoms. The van der Waals surface area contributed by atoms with E-state index in [0.717, 1.165) is 19.3 Å². The molecule has 0 fully saturated rings. The van der Waals surface area contributed by atoms with Crippen LogP contribution >= 0.6 is 27.5 Å². The molecule has 1 heterocycles. The third-order valence-corrected chi connectivity index (χ3v) is 5.26. The molecular weight excluding hydrogens is 516 g/mol. The van der Waals surface area contributed by atoms with Crippen LogP contribution in [0, 0.1) is 0 Å². The van der Waals surface area contributed by atoms with Crippen LogP contribution in [-0.2, 0) is 4.84 Å². The second-order valence-electron chi connectivity index (χ2n) is 8.08. The van der Waals surface area contributed by atoms with Crippen LogP contribution in [0.1, 0.15) is 60.9 Å². The van der Waals surface area contributed by atoms with E-state index in [1.54, 1.807) is 24.3 Å². The lowest BCUT2D eigenvalue weighted by molar-refractivity contribution is -0.0528. The van der Waals surface area contributed by atoms with E-state index in [2.05, 4.69) is 47.6 Å². The molecule has 2 aromatic rings. The Balaban J connectivity index is 1.69. The molecule has 33 heavy (non-hydrogen) atoms. The summed E-state index contributed by atoms with van der Waals surface area (Å²) in [5.74, 6) is -0.610. The molecule has 0 unspecified atom stereocenters. The van der Waals surface area contributed by atoms with Gasteiger partial charge in [-0.1, -0.05) is 23.7 Å². The predicted octanol–water partition coefficient (Wildman–Crippen LogP) is 4.01. The standard InChI is InChI=1S/C21H28BrClN6O4/c1-21(2,3)33-29-20(32)25-12-8-4-7-11-24-19(31)16-15(22)17(28-27-16)26-18(30)13-9-5-6-10-14(13)23/h5-6,9-10H,4,7-8,11-12H2,1-3H3,(H,24,31)(H2,25,29,32)(H2,26,27,28,30). The lowest BCUT2D eigenvalue weighted by atomic mass is 10.2. The maximum Gasteiger partial charge on any atom is 0.338 e. The van der Waals surface area contributed by atoms with Gasteiger partial charge in [-0.15, -0.1) is 0 Å². The Kier molecular flexibility index (Phi) is 10.1. The molecule has 0 aliphatic heterocycles. The average molecular weight is 544 g/mol. The molecule has 0 bridgehead atoms. The number of nitrogens with one attached hydrogen (secondary N) is 5. The number of nitrogens with zero attached hydrogens (tertiary/aromatic N) is 1. The van der Waals surface area contributed by atoms with Crippen molar-refractivity contribution < 1.29 is 19.2 Å². The van der Waals surface area contributed by atoms with E-state index in [9.17, 15) is 14.4 Å². The molecule has 1 aromatic heterocycles. The summed E-state index contributed by atoms with van der Waals surface area (Å²) in [6.45, 7) is 6.45. The Morgan fingerprint density at radius 2 is 1.73 bits per heavy atom. The van der Waals surface area contributed by atoms with E-state index < -0.39 is 11.5 Å². The first-order valence-electron chi connectivity index (χ1n) is 10.4. The number of benzene rings is 1. The van der Waals surface area contributed by atoms with Crippen LogP contribution < -0.4 is 21.4 Å². The second-order valence-corrected chi connectivity index (χ2v) is 9.28. The van der Waals surface area contributed by atoms with Gasteiger partial charge in [-0.3, -0.25) is 19.5 Å². The SMILES string of the molecule is CC(C)(C)ONC(=O)NCCCCCNC(=O)c1[nH]nc(NC(=O)c2ccccc2Cl)c1Br. The van der Waals surface area contributed by atoms with Crippen molar-refractivity contribution in [1.82, 2.24) is 26.3 Å². The van der Waals surface area contributed by atoms with Gasteiger partial charge >= 0.3 is 6.03 Å². The van der Waals surface area contributed by atoms with Crippen LogP contribution in [0.3, 0.4) is 0 Å². The summed E-state index contributed by atoms with van der Waals surface area (Å²) in [4.78, 5) is 41.5. The maximum absolute atomic E-state index is 12.4. The zero-order valence-corrected chi connectivity index (χ0v) is 21.0. The zero-order chi connectivity index (χ0) is 24.4. The van der Waals surface area contributed by atoms with Gasteiger partial charge in [-0.25, -0.2) is 10.3 Å². The summed E-state index contributed by atoms with van der Waals surface area (Å²) in [5.41, 5.74) is 2.37. The van der Waals surface area contributed by atoms with Gasteiger partial charge in [0, 0.05) is 13.1 Å². The zero-order valence-electron chi connectivity index (χ0n) is 18.7. The lowest BCUT2D eigenvalue weighted by Crippen LogP contribution is -2.40. The summed E-state index contributed by atoms with van der Waals surface area (Å²) in [7, 11) is 0. The number of unbranched alkanes of at least 4 members (excludes halogenated alkanes) is 2. The highest BCUT2D eigenvalue weighted by Gasteiger charge is 2.20. The van der Waals surface area contributed by atoms with Gasteiger partial charge < -0.3 is 16.0 Å². The first kappa shape index (κ1) is 26.6. The van der Waals surface area contributed by atoms with Crippen LogP contribution in [0.15, 0.2) is 28.7 Å². The summed E-state index contributed by atoms with van der Waals surface area (Å²) in [6, 6.07) is 6.24. The van der Waals surface area contributed by atoms with Crippen LogP contribution in [0.5, 0.6) is 0 Å². The summed E-state index contributed by atoms with van der Waals surface area (Å²) in [5, 5.41) is 15.0. The van der Waals surface area contributed by atoms with Gasteiger partial charge in [0.25, 0.3) is 11.8 Å². The molecule has 10 nitrogen and oxygen atoms in total. The third kappa shape index (κ3) is 9.03. The van der Waals surface area contributed by atoms with Gasteiger partial charge in [0.05, 0.1) is 20.7 Å². The van der Waals surface area contributed by atoms with E-state index in [4.69, 9.17) is 16.4 Å². The fraction of sp³-hybridized carbons (Fsp3) is 0.429. The Morgan fingerprint density at radius 3 is 2.39 bits per heavy atom. The van der Waals surface area contributed by atoms with Crippen molar-refractivity contribution in [2.24, 2.45) is 0 Å². The van der Waals surface area contributed by atoms with Crippen molar-refractivity contribution in [3.8, 4) is 0 Å². The predicted molar refractivity (Wildman–Crippen MR) is 129 cm³/mol. The van der Waals surface area contributed by atoms with E-state index in [1.807, 2.05) is 20.8 Å². The highest BCUT2D eigenvalue weighted by Crippen LogP contribution is 2.25. The minimum Gasteiger partial charge on any atom is -0.351 e. The van der Waals surface area contributed by atoms with E-state index in [1.165, 1.54) is 0 Å². The molecule has 1 aromatic carbocycles. The molecule has 4 amide bonds. The molecule has 0 saturated carbocycles. The summed E-state index contributed by atoms with van der Waals surface area (Å²) in [6.07, 6.45) is 2.30. The minimum absolute atomic E-state index is 0.185. The number of hydrogen-bond acceptors (Lipinski definition) is 5. The van der Waals surface area contributed by atoms with Crippen molar-refractivity contribution in [1.29, 1.82) is 0 Å². The van der Waals surface area contributed by atoms with Gasteiger partial charge in [-0.2, -0.15) is 5.10 Å². The number of carbonyl (C=O) groups excluding carboxylic acids is 3. The van der Waals surface area contributed by atoms with Gasteiger partial charge in [0.2, 0.25) is 0 Å². The Bertz CT molecular complexity index is 976. The van der Waals surface area contributed by atoms with Gasteiger partial charge in [0.1, 0.15) is 5.69 Å². The van der Waals surface area contributed by atoms with E-state index in [-0.39, 0.29) is 23.5 Å². The highest BCUT2D eigenvalue weighted by atomic mass is 79.9. The molecule has 0 aliphatic carbocycles. The molecule has 0 atom stereocenters. The van der Waals surface area contributed by atoms with Crippen molar-refractivity contribution in [2.75, 3.05) is 18.4 Å². The fourth-order valence-corrected chi connectivity index (χ4v) is 3.21. The molecule has 2 rings (SSSR count). The molecule has 0 saturated heterocycles. The fourth-order valence-electron chi connectivity index (χ4n) is 2.54. The number of hydrogen-bond donors (Lipinski definition) is 5. The van der Waals surface area contributed by atoms with Crippen molar-refractivity contribution in [2.45, 2.75) is 45.6 Å². The highest BCUT2D eigenvalue weighted by molar-refractivity contribution is 9.10. The first-order chi connectivity index (χ1) is 15.6. The number of amides is 4. The van der Waals surface area contributed by atoms with Crippen LogP contribution in [0.25, 0.3) is 0 Å². The van der Waals surface area contributed by atoms with Crippen molar-refractivity contribution >= 4 is 51.2 Å². The number of aromatic nitrogens is 2. The van der Waals surface area contributed by atoms with Crippen molar-refractivity contribution in [3.05, 3.63) is 45.0 Å². The van der Waals surface area contributed by atoms with E-state index in [0.29, 0.717) is 28.1 Å². The quantitative estimate of drug-likeness (QED) is 0.228. The summed E-state index contributed by atoms with van der Waals surface area (Å²) >= 11 is 9.33. The molecule has 180 valence electrons. The Morgan fingerprint density at radius 1 is 1.06 bits per heavy atom. The monoisotopic (exact) mass is 542 g/mol. The number of hydroxylamine groups is 1. The molecule has 0 radical (unpaired) electrons. The topological polar surface area (TPSA) is 137 Å². The largest absolute Gasteiger partial charge is 0.351 e. The number of rotatable bonds is 10. The number of H-pyrrole nitrogens is 1. The van der Waals surface area contributed by atoms with Crippen LogP contribution in [0.2, 0.25) is 5.02 Å². The lowest BCUT2D eigenvalue weighted by Gasteiger charge is -2.19. The third-order valence-electron chi connectivity index (χ3n) is 4.16. The molecule has 5 N–H and O–H groups in total. The maximum atomic E-state index is 12.4. The smallest absolute Gasteiger partial charge is 0.338 e. The Hall–Kier alpha value is -2.63. The minimum atomic E-state index is -0.457. The van der Waals surface area contributed by atoms with Crippen LogP contribution in [-0.4, -0.2) is 46.7 Å². The number of aromatic amines is 1. The number of anilines is 1. The Labute approximate surface area is 205 Å². The van der Waals surface area contributed by atoms with Gasteiger partial charge in [-0.05, 0) is 68.1 Å². The van der Waals surface area contributed by atoms with Gasteiger partial charge in [0.15, 0.2) is 5.82 Å². The molecular formula is C21H28BrClN6O4. The summed E-state index contributed by atoms with van der Waals surface area (Å²) < 4.78 is 0.341. The molecule has 0 aliphatic rings. The second kappa shape index (κ2) is 12.6. The van der Waals surface area contributed by atoms with E-state index >= 15 is 0 Å². The number of carbonyl (C=O) groups is 3. The number of halogens is 2. The number of urea groups is 1. The van der Waals surface area contributed by atoms with Crippen LogP contribution in [0.4, 0.5) is 10.6 Å². The normalized spacial score (nSPS) is 11.1. The van der Waals surface area contributed by atoms with Crippen molar-refractivity contribution in [3.63, 3.8) is 0 Å². The molecule has 12 heteroatoms. The average Bonchev–Trinajstić information content (AvgIpc) is 3.11. The first-order valence-corrected chi connectivity index (χ1v) is 11.6.